The normalized spacial score (nSPS) is 12.1. The number of amides is 1. The minimum atomic E-state index is -3.87. The number of anilines is 1. The molecular weight excluding hydrogens is 366 g/mol. The number of ether oxygens (including phenoxy) is 1. The molecule has 25 heavy (non-hydrogen) atoms. The summed E-state index contributed by atoms with van der Waals surface area (Å²) in [6.45, 7) is 1.51. The average Bonchev–Trinajstić information content (AvgIpc) is 2.56. The number of carbonyl (C=O) groups excluding carboxylic acids is 1. The van der Waals surface area contributed by atoms with E-state index in [0.717, 1.165) is 0 Å². The fourth-order valence-electron chi connectivity index (χ4n) is 1.90. The van der Waals surface area contributed by atoms with Gasteiger partial charge < -0.3 is 10.1 Å². The van der Waals surface area contributed by atoms with E-state index in [9.17, 15) is 13.2 Å². The van der Waals surface area contributed by atoms with Crippen molar-refractivity contribution in [3.05, 3.63) is 53.1 Å². The maximum Gasteiger partial charge on any atom is 0.265 e. The summed E-state index contributed by atoms with van der Waals surface area (Å²) < 4.78 is 28.2. The summed E-state index contributed by atoms with van der Waals surface area (Å²) in [4.78, 5) is 12.1. The van der Waals surface area contributed by atoms with E-state index in [0.29, 0.717) is 5.56 Å². The summed E-state index contributed by atoms with van der Waals surface area (Å²) in [6.07, 6.45) is -0.913. The Labute approximate surface area is 150 Å². The number of halogens is 1. The smallest absolute Gasteiger partial charge is 0.265 e. The maximum atomic E-state index is 12.2. The molecule has 0 fully saturated rings. The predicted molar refractivity (Wildman–Crippen MR) is 92.7 cm³/mol. The van der Waals surface area contributed by atoms with Gasteiger partial charge in [0.1, 0.15) is 5.75 Å². The largest absolute Gasteiger partial charge is 0.479 e. The Kier molecular flexibility index (Phi) is 5.64. The number of rotatable bonds is 5. The minimum Gasteiger partial charge on any atom is -0.479 e. The van der Waals surface area contributed by atoms with Gasteiger partial charge in [0.15, 0.2) is 6.10 Å². The van der Waals surface area contributed by atoms with Crippen molar-refractivity contribution in [2.45, 2.75) is 17.9 Å². The van der Waals surface area contributed by atoms with Gasteiger partial charge in [-0.25, -0.2) is 13.6 Å². The topological polar surface area (TPSA) is 122 Å². The number of nitrogens with two attached hydrogens (primary N) is 1. The first kappa shape index (κ1) is 18.7. The standard InChI is InChI=1S/C16H14ClN3O4S/c1-10(24-15-6-5-11(9-18)7-14(15)17)16(21)20-12-3-2-4-13(8-12)25(19,22)23/h2-8,10H,1H3,(H,20,21)(H2,19,22,23)/t10-/m1/s1. The number of nitrogens with one attached hydrogen (secondary N) is 1. The second-order valence-electron chi connectivity index (χ2n) is 5.08. The van der Waals surface area contributed by atoms with E-state index in [2.05, 4.69) is 5.32 Å². The molecule has 0 saturated carbocycles. The Bertz CT molecular complexity index is 954. The maximum absolute atomic E-state index is 12.2. The Morgan fingerprint density at radius 3 is 2.64 bits per heavy atom. The lowest BCUT2D eigenvalue weighted by Crippen LogP contribution is -2.30. The van der Waals surface area contributed by atoms with Crippen LogP contribution in [0.3, 0.4) is 0 Å². The Balaban J connectivity index is 2.10. The molecule has 130 valence electrons. The molecule has 0 spiro atoms. The Morgan fingerprint density at radius 1 is 1.32 bits per heavy atom. The van der Waals surface area contributed by atoms with E-state index in [-0.39, 0.29) is 21.4 Å². The Hall–Kier alpha value is -2.60. The summed E-state index contributed by atoms with van der Waals surface area (Å²) >= 11 is 6.00. The van der Waals surface area contributed by atoms with Crippen LogP contribution in [0.5, 0.6) is 5.75 Å². The van der Waals surface area contributed by atoms with Crippen LogP contribution in [0.25, 0.3) is 0 Å². The SMILES string of the molecule is C[C@@H](Oc1ccc(C#N)cc1Cl)C(=O)Nc1cccc(S(N)(=O)=O)c1. The molecule has 0 aliphatic carbocycles. The average molecular weight is 380 g/mol. The number of primary sulfonamides is 1. The minimum absolute atomic E-state index is 0.117. The lowest BCUT2D eigenvalue weighted by molar-refractivity contribution is -0.122. The number of carbonyl (C=O) groups is 1. The quantitative estimate of drug-likeness (QED) is 0.824. The first-order valence-corrected chi connectivity index (χ1v) is 8.93. The van der Waals surface area contributed by atoms with Gasteiger partial charge >= 0.3 is 0 Å². The lowest BCUT2D eigenvalue weighted by Gasteiger charge is -2.16. The highest BCUT2D eigenvalue weighted by molar-refractivity contribution is 7.89. The lowest BCUT2D eigenvalue weighted by atomic mass is 10.2. The number of hydrogen-bond acceptors (Lipinski definition) is 5. The van der Waals surface area contributed by atoms with Crippen LogP contribution < -0.4 is 15.2 Å². The third kappa shape index (κ3) is 4.93. The molecule has 0 radical (unpaired) electrons. The third-order valence-electron chi connectivity index (χ3n) is 3.16. The highest BCUT2D eigenvalue weighted by atomic mass is 35.5. The van der Waals surface area contributed by atoms with Gasteiger partial charge in [-0.3, -0.25) is 4.79 Å². The van der Waals surface area contributed by atoms with Gasteiger partial charge in [-0.05, 0) is 43.3 Å². The molecule has 2 aromatic carbocycles. The van der Waals surface area contributed by atoms with Crippen molar-refractivity contribution < 1.29 is 17.9 Å². The van der Waals surface area contributed by atoms with Crippen molar-refractivity contribution in [1.29, 1.82) is 5.26 Å². The van der Waals surface area contributed by atoms with E-state index in [4.69, 9.17) is 26.7 Å². The van der Waals surface area contributed by atoms with Crippen molar-refractivity contribution in [3.63, 3.8) is 0 Å². The van der Waals surface area contributed by atoms with Gasteiger partial charge in [0.05, 0.1) is 21.6 Å². The summed E-state index contributed by atoms with van der Waals surface area (Å²) in [5, 5.41) is 16.6. The fraction of sp³-hybridized carbons (Fsp3) is 0.125. The van der Waals surface area contributed by atoms with Crippen molar-refractivity contribution >= 4 is 33.2 Å². The molecule has 1 atom stereocenters. The van der Waals surface area contributed by atoms with E-state index in [1.807, 2.05) is 6.07 Å². The van der Waals surface area contributed by atoms with E-state index in [1.54, 1.807) is 0 Å². The fourth-order valence-corrected chi connectivity index (χ4v) is 2.69. The van der Waals surface area contributed by atoms with E-state index in [1.165, 1.54) is 49.4 Å². The van der Waals surface area contributed by atoms with Crippen LogP contribution in [0.4, 0.5) is 5.69 Å². The Morgan fingerprint density at radius 2 is 2.04 bits per heavy atom. The van der Waals surface area contributed by atoms with Gasteiger partial charge in [-0.2, -0.15) is 5.26 Å². The van der Waals surface area contributed by atoms with Gasteiger partial charge in [0, 0.05) is 5.69 Å². The highest BCUT2D eigenvalue weighted by Gasteiger charge is 2.17. The van der Waals surface area contributed by atoms with Crippen molar-refractivity contribution in [2.75, 3.05) is 5.32 Å². The zero-order valence-corrected chi connectivity index (χ0v) is 14.6. The van der Waals surface area contributed by atoms with Crippen LogP contribution in [0.1, 0.15) is 12.5 Å². The van der Waals surface area contributed by atoms with Crippen LogP contribution in [-0.2, 0) is 14.8 Å². The highest BCUT2D eigenvalue weighted by Crippen LogP contribution is 2.26. The molecule has 7 nitrogen and oxygen atoms in total. The molecule has 9 heteroatoms. The summed E-state index contributed by atoms with van der Waals surface area (Å²) in [7, 11) is -3.87. The third-order valence-corrected chi connectivity index (χ3v) is 4.37. The molecule has 1 amide bonds. The van der Waals surface area contributed by atoms with Crippen LogP contribution in [0.2, 0.25) is 5.02 Å². The van der Waals surface area contributed by atoms with Crippen LogP contribution >= 0.6 is 11.6 Å². The first-order valence-electron chi connectivity index (χ1n) is 7.01. The molecule has 0 unspecified atom stereocenters. The zero-order valence-electron chi connectivity index (χ0n) is 13.1. The summed E-state index contributed by atoms with van der Waals surface area (Å²) in [5.74, 6) is -0.256. The first-order chi connectivity index (χ1) is 11.7. The van der Waals surface area contributed by atoms with E-state index < -0.39 is 22.0 Å². The molecule has 0 heterocycles. The molecule has 3 N–H and O–H groups in total. The predicted octanol–water partition coefficient (Wildman–Crippen LogP) is 2.27. The monoisotopic (exact) mass is 379 g/mol. The molecule has 0 aliphatic heterocycles. The number of hydrogen-bond donors (Lipinski definition) is 2. The summed E-state index contributed by atoms with van der Waals surface area (Å²) in [6, 6.07) is 11.9. The molecule has 2 rings (SSSR count). The molecule has 0 bridgehead atoms. The number of benzene rings is 2. The molecule has 0 aliphatic rings. The van der Waals surface area contributed by atoms with Gasteiger partial charge in [0.2, 0.25) is 10.0 Å². The molecular formula is C16H14ClN3O4S. The molecule has 0 saturated heterocycles. The van der Waals surface area contributed by atoms with Crippen LogP contribution in [0, 0.1) is 11.3 Å². The van der Waals surface area contributed by atoms with Gasteiger partial charge in [-0.1, -0.05) is 17.7 Å². The molecule has 2 aromatic rings. The van der Waals surface area contributed by atoms with Gasteiger partial charge in [0.25, 0.3) is 5.91 Å². The number of nitrogens with zero attached hydrogens (tertiary/aromatic N) is 1. The van der Waals surface area contributed by atoms with Crippen LogP contribution in [0.15, 0.2) is 47.4 Å². The zero-order chi connectivity index (χ0) is 18.6. The van der Waals surface area contributed by atoms with Crippen molar-refractivity contribution in [3.8, 4) is 11.8 Å². The van der Waals surface area contributed by atoms with Crippen molar-refractivity contribution in [1.82, 2.24) is 0 Å². The summed E-state index contributed by atoms with van der Waals surface area (Å²) in [5.41, 5.74) is 0.632. The second kappa shape index (κ2) is 7.53. The second-order valence-corrected chi connectivity index (χ2v) is 7.05. The number of nitriles is 1. The van der Waals surface area contributed by atoms with Crippen LogP contribution in [-0.4, -0.2) is 20.4 Å². The van der Waals surface area contributed by atoms with Gasteiger partial charge in [-0.15, -0.1) is 0 Å². The van der Waals surface area contributed by atoms with E-state index >= 15 is 0 Å². The molecule has 0 aromatic heterocycles. The van der Waals surface area contributed by atoms with Crippen molar-refractivity contribution in [2.24, 2.45) is 5.14 Å². The number of sulfonamides is 1.